The van der Waals surface area contributed by atoms with Crippen molar-refractivity contribution < 1.29 is 9.53 Å². The summed E-state index contributed by atoms with van der Waals surface area (Å²) >= 11 is 3.36. The summed E-state index contributed by atoms with van der Waals surface area (Å²) in [5, 5.41) is 9.55. The molecule has 112 valence electrons. The van der Waals surface area contributed by atoms with Gasteiger partial charge in [-0.3, -0.25) is 9.89 Å². The molecule has 0 aliphatic rings. The standard InChI is InChI=1S/C14H17BrN4O2/c1-3-4-11-12(16)13(19-18-11)14(20)17-9-5-8(15)6-10(7-9)21-2/h5-7H,3-4,16H2,1-2H3,(H,17,20)(H,18,19). The molecule has 2 rings (SSSR count). The van der Waals surface area contributed by atoms with Gasteiger partial charge in [0.15, 0.2) is 5.69 Å². The second-order valence-electron chi connectivity index (χ2n) is 4.55. The summed E-state index contributed by atoms with van der Waals surface area (Å²) in [5.41, 5.74) is 7.94. The number of hydrogen-bond acceptors (Lipinski definition) is 4. The zero-order valence-electron chi connectivity index (χ0n) is 11.9. The second-order valence-corrected chi connectivity index (χ2v) is 5.46. The van der Waals surface area contributed by atoms with Gasteiger partial charge in [0.25, 0.3) is 5.91 Å². The molecule has 0 spiro atoms. The summed E-state index contributed by atoms with van der Waals surface area (Å²) < 4.78 is 5.96. The van der Waals surface area contributed by atoms with Crippen LogP contribution in [0.2, 0.25) is 0 Å². The van der Waals surface area contributed by atoms with Gasteiger partial charge in [-0.1, -0.05) is 29.3 Å². The molecule has 2 aromatic rings. The van der Waals surface area contributed by atoms with Crippen LogP contribution < -0.4 is 15.8 Å². The van der Waals surface area contributed by atoms with Crippen molar-refractivity contribution in [3.63, 3.8) is 0 Å². The predicted octanol–water partition coefficient (Wildman–Crippen LogP) is 2.97. The molecule has 1 aromatic heterocycles. The minimum absolute atomic E-state index is 0.206. The van der Waals surface area contributed by atoms with Gasteiger partial charge in [0.05, 0.1) is 18.5 Å². The summed E-state index contributed by atoms with van der Waals surface area (Å²) in [5.74, 6) is 0.285. The number of benzene rings is 1. The van der Waals surface area contributed by atoms with E-state index in [9.17, 15) is 4.79 Å². The summed E-state index contributed by atoms with van der Waals surface area (Å²) in [7, 11) is 1.57. The van der Waals surface area contributed by atoms with E-state index in [1.54, 1.807) is 25.3 Å². The van der Waals surface area contributed by atoms with Crippen LogP contribution in [0.5, 0.6) is 5.75 Å². The van der Waals surface area contributed by atoms with Crippen LogP contribution in [0.4, 0.5) is 11.4 Å². The number of nitrogens with one attached hydrogen (secondary N) is 2. The quantitative estimate of drug-likeness (QED) is 0.770. The van der Waals surface area contributed by atoms with Crippen LogP contribution in [0.1, 0.15) is 29.5 Å². The van der Waals surface area contributed by atoms with Crippen molar-refractivity contribution in [1.29, 1.82) is 0 Å². The van der Waals surface area contributed by atoms with Crippen LogP contribution in [-0.2, 0) is 6.42 Å². The molecule has 7 heteroatoms. The van der Waals surface area contributed by atoms with Crippen LogP contribution in [0, 0.1) is 0 Å². The van der Waals surface area contributed by atoms with Gasteiger partial charge in [-0.05, 0) is 18.6 Å². The number of carbonyl (C=O) groups excluding carboxylic acids is 1. The molecule has 0 bridgehead atoms. The van der Waals surface area contributed by atoms with Crippen molar-refractivity contribution in [2.24, 2.45) is 0 Å². The molecule has 0 saturated heterocycles. The van der Waals surface area contributed by atoms with Gasteiger partial charge < -0.3 is 15.8 Å². The second kappa shape index (κ2) is 6.62. The zero-order valence-corrected chi connectivity index (χ0v) is 13.5. The number of hydrogen-bond donors (Lipinski definition) is 3. The van der Waals surface area contributed by atoms with E-state index in [0.29, 0.717) is 17.1 Å². The fourth-order valence-electron chi connectivity index (χ4n) is 1.94. The number of anilines is 2. The first-order chi connectivity index (χ1) is 10.0. The number of methoxy groups -OCH3 is 1. The number of ether oxygens (including phenoxy) is 1. The molecule has 4 N–H and O–H groups in total. The maximum atomic E-state index is 12.2. The molecule has 0 atom stereocenters. The molecule has 1 aromatic carbocycles. The molecule has 6 nitrogen and oxygen atoms in total. The third kappa shape index (κ3) is 3.55. The van der Waals surface area contributed by atoms with Crippen molar-refractivity contribution in [1.82, 2.24) is 10.2 Å². The fraction of sp³-hybridized carbons (Fsp3) is 0.286. The number of carbonyl (C=O) groups is 1. The lowest BCUT2D eigenvalue weighted by Crippen LogP contribution is -2.14. The van der Waals surface area contributed by atoms with E-state index in [2.05, 4.69) is 31.4 Å². The molecule has 21 heavy (non-hydrogen) atoms. The summed E-state index contributed by atoms with van der Waals surface area (Å²) in [4.78, 5) is 12.2. The maximum absolute atomic E-state index is 12.2. The Hall–Kier alpha value is -2.02. The highest BCUT2D eigenvalue weighted by Gasteiger charge is 2.17. The first-order valence-corrected chi connectivity index (χ1v) is 7.33. The molecule has 0 aliphatic carbocycles. The monoisotopic (exact) mass is 352 g/mol. The average molecular weight is 353 g/mol. The Bertz CT molecular complexity index is 654. The molecule has 0 saturated carbocycles. The third-order valence-corrected chi connectivity index (χ3v) is 3.42. The number of aromatic nitrogens is 2. The summed E-state index contributed by atoms with van der Waals surface area (Å²) in [6, 6.07) is 5.30. The molecular weight excluding hydrogens is 336 g/mol. The number of amides is 1. The number of aryl methyl sites for hydroxylation is 1. The van der Waals surface area contributed by atoms with Gasteiger partial charge in [0.1, 0.15) is 5.75 Å². The highest BCUT2D eigenvalue weighted by atomic mass is 79.9. The van der Waals surface area contributed by atoms with Crippen molar-refractivity contribution in [3.05, 3.63) is 34.1 Å². The predicted molar refractivity (Wildman–Crippen MR) is 85.6 cm³/mol. The Kier molecular flexibility index (Phi) is 4.85. The minimum atomic E-state index is -0.355. The molecule has 0 radical (unpaired) electrons. The smallest absolute Gasteiger partial charge is 0.278 e. The molecule has 1 amide bonds. The summed E-state index contributed by atoms with van der Waals surface area (Å²) in [6.45, 7) is 2.04. The number of nitrogens with zero attached hydrogens (tertiary/aromatic N) is 1. The maximum Gasteiger partial charge on any atom is 0.278 e. The lowest BCUT2D eigenvalue weighted by molar-refractivity contribution is 0.102. The Morgan fingerprint density at radius 3 is 2.90 bits per heavy atom. The van der Waals surface area contributed by atoms with Crippen LogP contribution in [0.3, 0.4) is 0 Å². The van der Waals surface area contributed by atoms with Crippen molar-refractivity contribution in [2.75, 3.05) is 18.2 Å². The topological polar surface area (TPSA) is 93.0 Å². The fourth-order valence-corrected chi connectivity index (χ4v) is 2.42. The average Bonchev–Trinajstić information content (AvgIpc) is 2.80. The number of halogens is 1. The number of rotatable bonds is 5. The van der Waals surface area contributed by atoms with Crippen molar-refractivity contribution >= 4 is 33.2 Å². The van der Waals surface area contributed by atoms with E-state index in [1.165, 1.54) is 0 Å². The molecular formula is C14H17BrN4O2. The normalized spacial score (nSPS) is 10.4. The van der Waals surface area contributed by atoms with Gasteiger partial charge in [-0.25, -0.2) is 0 Å². The van der Waals surface area contributed by atoms with E-state index >= 15 is 0 Å². The highest BCUT2D eigenvalue weighted by molar-refractivity contribution is 9.10. The van der Waals surface area contributed by atoms with E-state index in [4.69, 9.17) is 10.5 Å². The van der Waals surface area contributed by atoms with Gasteiger partial charge in [-0.2, -0.15) is 5.10 Å². The first kappa shape index (κ1) is 15.4. The number of H-pyrrole nitrogens is 1. The zero-order chi connectivity index (χ0) is 15.4. The van der Waals surface area contributed by atoms with Crippen LogP contribution in [0.15, 0.2) is 22.7 Å². The number of aromatic amines is 1. The third-order valence-electron chi connectivity index (χ3n) is 2.96. The van der Waals surface area contributed by atoms with Gasteiger partial charge in [0, 0.05) is 16.2 Å². The Labute approximate surface area is 131 Å². The summed E-state index contributed by atoms with van der Waals surface area (Å²) in [6.07, 6.45) is 1.69. The Morgan fingerprint density at radius 2 is 2.24 bits per heavy atom. The van der Waals surface area contributed by atoms with E-state index in [-0.39, 0.29) is 11.6 Å². The molecule has 0 unspecified atom stereocenters. The van der Waals surface area contributed by atoms with E-state index in [1.807, 2.05) is 6.92 Å². The number of nitrogens with two attached hydrogens (primary N) is 1. The van der Waals surface area contributed by atoms with E-state index in [0.717, 1.165) is 23.0 Å². The van der Waals surface area contributed by atoms with E-state index < -0.39 is 0 Å². The lowest BCUT2D eigenvalue weighted by atomic mass is 10.2. The van der Waals surface area contributed by atoms with Gasteiger partial charge in [0.2, 0.25) is 0 Å². The highest BCUT2D eigenvalue weighted by Crippen LogP contribution is 2.25. The lowest BCUT2D eigenvalue weighted by Gasteiger charge is -2.07. The van der Waals surface area contributed by atoms with Gasteiger partial charge in [-0.15, -0.1) is 0 Å². The van der Waals surface area contributed by atoms with Crippen molar-refractivity contribution in [2.45, 2.75) is 19.8 Å². The van der Waals surface area contributed by atoms with Gasteiger partial charge >= 0.3 is 0 Å². The first-order valence-electron chi connectivity index (χ1n) is 6.53. The Balaban J connectivity index is 2.20. The number of nitrogen functional groups attached to an aromatic ring is 1. The molecule has 0 fully saturated rings. The van der Waals surface area contributed by atoms with Crippen molar-refractivity contribution in [3.8, 4) is 5.75 Å². The SMILES string of the molecule is CCCc1[nH]nc(C(=O)Nc2cc(Br)cc(OC)c2)c1N. The Morgan fingerprint density at radius 1 is 1.48 bits per heavy atom. The largest absolute Gasteiger partial charge is 0.497 e. The van der Waals surface area contributed by atoms with Crippen LogP contribution >= 0.6 is 15.9 Å². The van der Waals surface area contributed by atoms with Crippen LogP contribution in [-0.4, -0.2) is 23.2 Å². The van der Waals surface area contributed by atoms with Crippen LogP contribution in [0.25, 0.3) is 0 Å². The molecule has 0 aliphatic heterocycles. The molecule has 1 heterocycles. The minimum Gasteiger partial charge on any atom is -0.497 e.